The van der Waals surface area contributed by atoms with Gasteiger partial charge in [-0.25, -0.2) is 0 Å². The molecule has 16 heavy (non-hydrogen) atoms. The van der Waals surface area contributed by atoms with E-state index in [4.69, 9.17) is 22.6 Å². The summed E-state index contributed by atoms with van der Waals surface area (Å²) in [6, 6.07) is 6.42. The maximum atomic E-state index is 11.7. The maximum Gasteiger partial charge on any atom is 0.244 e. The number of halogens is 1. The van der Waals surface area contributed by atoms with E-state index in [9.17, 15) is 4.79 Å². The summed E-state index contributed by atoms with van der Waals surface area (Å²) in [4.78, 5) is 13.3. The first-order valence-electron chi connectivity index (χ1n) is 4.90. The minimum atomic E-state index is -0.438. The summed E-state index contributed by atoms with van der Waals surface area (Å²) in [5.41, 5.74) is 6.73. The Kier molecular flexibility index (Phi) is 2.82. The molecule has 1 aromatic carbocycles. The molecule has 1 aliphatic heterocycles. The van der Waals surface area contributed by atoms with E-state index >= 15 is 0 Å². The van der Waals surface area contributed by atoms with Gasteiger partial charge in [0.15, 0.2) is 0 Å². The van der Waals surface area contributed by atoms with Crippen molar-refractivity contribution >= 4 is 23.2 Å². The number of hydrogen-bond acceptors (Lipinski definition) is 3. The van der Waals surface area contributed by atoms with Crippen LogP contribution in [0.1, 0.15) is 12.0 Å². The van der Waals surface area contributed by atoms with Gasteiger partial charge in [-0.3, -0.25) is 4.79 Å². The molecule has 4 nitrogen and oxygen atoms in total. The minimum absolute atomic E-state index is 0.119. The molecule has 2 rings (SSSR count). The van der Waals surface area contributed by atoms with Gasteiger partial charge in [-0.15, -0.1) is 0 Å². The number of hydrogen-bond donors (Lipinski definition) is 1. The molecule has 82 valence electrons. The average molecular weight is 236 g/mol. The molecule has 0 bridgehead atoms. The van der Waals surface area contributed by atoms with Crippen LogP contribution in [0.4, 0.5) is 5.69 Å². The summed E-state index contributed by atoms with van der Waals surface area (Å²) < 4.78 is 0. The summed E-state index contributed by atoms with van der Waals surface area (Å²) in [5.74, 6) is -0.119. The Morgan fingerprint density at radius 3 is 2.81 bits per heavy atom. The summed E-state index contributed by atoms with van der Waals surface area (Å²) in [7, 11) is 0. The van der Waals surface area contributed by atoms with Crippen LogP contribution < -0.4 is 10.6 Å². The highest BCUT2D eigenvalue weighted by atomic mass is 35.5. The fourth-order valence-electron chi connectivity index (χ4n) is 1.74. The van der Waals surface area contributed by atoms with Crippen LogP contribution in [0.15, 0.2) is 18.2 Å². The molecule has 1 heterocycles. The molecular formula is C11H10ClN3O. The summed E-state index contributed by atoms with van der Waals surface area (Å²) in [6.07, 6.45) is 0.634. The first-order valence-corrected chi connectivity index (χ1v) is 5.28. The fraction of sp³-hybridized carbons (Fsp3) is 0.273. The lowest BCUT2D eigenvalue weighted by atomic mass is 10.2. The lowest BCUT2D eigenvalue weighted by Gasteiger charge is -2.17. The van der Waals surface area contributed by atoms with Crippen LogP contribution in [0.3, 0.4) is 0 Å². The van der Waals surface area contributed by atoms with Crippen LogP contribution in [0.2, 0.25) is 5.02 Å². The third kappa shape index (κ3) is 1.75. The summed E-state index contributed by atoms with van der Waals surface area (Å²) >= 11 is 6.02. The van der Waals surface area contributed by atoms with Crippen LogP contribution in [0.25, 0.3) is 0 Å². The quantitative estimate of drug-likeness (QED) is 0.797. The number of benzene rings is 1. The number of anilines is 1. The van der Waals surface area contributed by atoms with Crippen LogP contribution in [-0.4, -0.2) is 18.5 Å². The van der Waals surface area contributed by atoms with Crippen molar-refractivity contribution in [3.63, 3.8) is 0 Å². The molecule has 0 aromatic heterocycles. The number of nitrogens with two attached hydrogens (primary N) is 1. The van der Waals surface area contributed by atoms with Crippen molar-refractivity contribution in [3.05, 3.63) is 28.8 Å². The predicted molar refractivity (Wildman–Crippen MR) is 61.1 cm³/mol. The van der Waals surface area contributed by atoms with E-state index < -0.39 is 6.04 Å². The fourth-order valence-corrected chi connectivity index (χ4v) is 2.02. The van der Waals surface area contributed by atoms with Gasteiger partial charge in [-0.1, -0.05) is 11.6 Å². The van der Waals surface area contributed by atoms with Gasteiger partial charge in [0.2, 0.25) is 5.91 Å². The molecule has 1 fully saturated rings. The average Bonchev–Trinajstić information content (AvgIpc) is 2.60. The van der Waals surface area contributed by atoms with E-state index in [-0.39, 0.29) is 5.91 Å². The Labute approximate surface area is 98.2 Å². The van der Waals surface area contributed by atoms with Crippen LogP contribution in [0, 0.1) is 11.3 Å². The second kappa shape index (κ2) is 4.12. The van der Waals surface area contributed by atoms with Crippen molar-refractivity contribution in [1.29, 1.82) is 5.26 Å². The van der Waals surface area contributed by atoms with Crippen LogP contribution >= 0.6 is 11.6 Å². The van der Waals surface area contributed by atoms with Crippen LogP contribution in [0.5, 0.6) is 0 Å². The van der Waals surface area contributed by atoms with Gasteiger partial charge in [-0.2, -0.15) is 5.26 Å². The Morgan fingerprint density at radius 1 is 1.56 bits per heavy atom. The maximum absolute atomic E-state index is 11.7. The number of nitrogens with zero attached hydrogens (tertiary/aromatic N) is 2. The van der Waals surface area contributed by atoms with Crippen molar-refractivity contribution in [1.82, 2.24) is 0 Å². The van der Waals surface area contributed by atoms with Gasteiger partial charge in [0.25, 0.3) is 0 Å². The van der Waals surface area contributed by atoms with Crippen molar-refractivity contribution < 1.29 is 4.79 Å². The standard InChI is InChI=1S/C11H10ClN3O/c12-8-5-7(6-13)1-2-10(8)15-4-3-9(14)11(15)16/h1-2,5,9H,3-4,14H2. The zero-order valence-corrected chi connectivity index (χ0v) is 9.24. The van der Waals surface area contributed by atoms with Crippen molar-refractivity contribution in [2.45, 2.75) is 12.5 Å². The van der Waals surface area contributed by atoms with E-state index in [1.165, 1.54) is 0 Å². The molecule has 0 saturated carbocycles. The first kappa shape index (κ1) is 10.9. The number of rotatable bonds is 1. The van der Waals surface area contributed by atoms with E-state index in [1.807, 2.05) is 6.07 Å². The van der Waals surface area contributed by atoms with E-state index in [1.54, 1.807) is 23.1 Å². The zero-order valence-electron chi connectivity index (χ0n) is 8.48. The molecule has 1 aliphatic rings. The van der Waals surface area contributed by atoms with Crippen molar-refractivity contribution in [3.8, 4) is 6.07 Å². The van der Waals surface area contributed by atoms with Gasteiger partial charge in [0, 0.05) is 6.54 Å². The third-order valence-corrected chi connectivity index (χ3v) is 2.92. The predicted octanol–water partition coefficient (Wildman–Crippen LogP) is 1.28. The normalized spacial score (nSPS) is 19.9. The molecule has 1 amide bonds. The molecule has 0 radical (unpaired) electrons. The molecule has 0 aliphatic carbocycles. The van der Waals surface area contributed by atoms with Crippen molar-refractivity contribution in [2.75, 3.05) is 11.4 Å². The molecule has 1 unspecified atom stereocenters. The van der Waals surface area contributed by atoms with Gasteiger partial charge >= 0.3 is 0 Å². The second-order valence-corrected chi connectivity index (χ2v) is 4.07. The number of amides is 1. The number of carbonyl (C=O) groups is 1. The van der Waals surface area contributed by atoms with Crippen molar-refractivity contribution in [2.24, 2.45) is 5.73 Å². The minimum Gasteiger partial charge on any atom is -0.320 e. The van der Waals surface area contributed by atoms with Gasteiger partial charge in [0.05, 0.1) is 28.4 Å². The number of nitriles is 1. The lowest BCUT2D eigenvalue weighted by molar-refractivity contribution is -0.118. The molecule has 1 aromatic rings. The van der Waals surface area contributed by atoms with Gasteiger partial charge < -0.3 is 10.6 Å². The van der Waals surface area contributed by atoms with Gasteiger partial charge in [-0.05, 0) is 24.6 Å². The molecule has 5 heteroatoms. The van der Waals surface area contributed by atoms with E-state index in [0.29, 0.717) is 29.2 Å². The lowest BCUT2D eigenvalue weighted by Crippen LogP contribution is -2.34. The Bertz CT molecular complexity index is 481. The SMILES string of the molecule is N#Cc1ccc(N2CCC(N)C2=O)c(Cl)c1. The Hall–Kier alpha value is -1.57. The molecule has 1 atom stereocenters. The monoisotopic (exact) mass is 235 g/mol. The Balaban J connectivity index is 2.35. The first-order chi connectivity index (χ1) is 7.63. The smallest absolute Gasteiger partial charge is 0.244 e. The topological polar surface area (TPSA) is 70.1 Å². The molecule has 0 spiro atoms. The summed E-state index contributed by atoms with van der Waals surface area (Å²) in [5, 5.41) is 9.11. The molecule has 2 N–H and O–H groups in total. The largest absolute Gasteiger partial charge is 0.320 e. The highest BCUT2D eigenvalue weighted by molar-refractivity contribution is 6.34. The highest BCUT2D eigenvalue weighted by Gasteiger charge is 2.30. The van der Waals surface area contributed by atoms with E-state index in [0.717, 1.165) is 0 Å². The molecule has 1 saturated heterocycles. The Morgan fingerprint density at radius 2 is 2.31 bits per heavy atom. The van der Waals surface area contributed by atoms with E-state index in [2.05, 4.69) is 0 Å². The van der Waals surface area contributed by atoms with Crippen LogP contribution in [-0.2, 0) is 4.79 Å². The van der Waals surface area contributed by atoms with Gasteiger partial charge in [0.1, 0.15) is 0 Å². The zero-order chi connectivity index (χ0) is 11.7. The third-order valence-electron chi connectivity index (χ3n) is 2.61. The molecular weight excluding hydrogens is 226 g/mol. The summed E-state index contributed by atoms with van der Waals surface area (Å²) in [6.45, 7) is 0.575. The highest BCUT2D eigenvalue weighted by Crippen LogP contribution is 2.29. The number of carbonyl (C=O) groups excluding carboxylic acids is 1. The second-order valence-electron chi connectivity index (χ2n) is 3.66.